The Hall–Kier alpha value is -3.74. The van der Waals surface area contributed by atoms with Crippen LogP contribution in [0.25, 0.3) is 5.95 Å². The molecule has 0 saturated heterocycles. The van der Waals surface area contributed by atoms with Crippen LogP contribution in [-0.4, -0.2) is 30.9 Å². The molecule has 2 aromatic carbocycles. The highest BCUT2D eigenvalue weighted by molar-refractivity contribution is 5.80. The van der Waals surface area contributed by atoms with Crippen LogP contribution in [0.3, 0.4) is 0 Å². The van der Waals surface area contributed by atoms with Crippen LogP contribution in [0, 0.1) is 13.8 Å². The van der Waals surface area contributed by atoms with Crippen LogP contribution < -0.4 is 4.74 Å². The summed E-state index contributed by atoms with van der Waals surface area (Å²) in [7, 11) is 0. The van der Waals surface area contributed by atoms with Crippen LogP contribution in [0.1, 0.15) is 17.0 Å². The Bertz CT molecular complexity index is 1080. The van der Waals surface area contributed by atoms with Crippen LogP contribution in [0.15, 0.2) is 72.1 Å². The summed E-state index contributed by atoms with van der Waals surface area (Å²) in [6.45, 7) is 3.90. The Morgan fingerprint density at radius 2 is 1.78 bits per heavy atom. The molecule has 4 aromatic rings. The molecule has 7 heteroatoms. The maximum absolute atomic E-state index is 5.86. The zero-order chi connectivity index (χ0) is 18.6. The molecule has 0 aliphatic heterocycles. The van der Waals surface area contributed by atoms with Gasteiger partial charge in [0.15, 0.2) is 0 Å². The van der Waals surface area contributed by atoms with E-state index in [4.69, 9.17) is 4.74 Å². The molecule has 0 atom stereocenters. The predicted octanol–water partition coefficient (Wildman–Crippen LogP) is 3.76. The topological polar surface area (TPSA) is 70.1 Å². The van der Waals surface area contributed by atoms with E-state index in [0.29, 0.717) is 5.95 Å². The van der Waals surface area contributed by atoms with Crippen LogP contribution >= 0.6 is 0 Å². The van der Waals surface area contributed by atoms with Crippen molar-refractivity contribution < 1.29 is 4.74 Å². The molecule has 0 fully saturated rings. The molecule has 0 spiro atoms. The molecule has 0 radical (unpaired) electrons. The molecule has 0 amide bonds. The Morgan fingerprint density at radius 1 is 0.963 bits per heavy atom. The van der Waals surface area contributed by atoms with Gasteiger partial charge in [0, 0.05) is 5.69 Å². The molecule has 0 aliphatic carbocycles. The number of ether oxygens (including phenoxy) is 1. The molecule has 134 valence electrons. The van der Waals surface area contributed by atoms with Crippen molar-refractivity contribution in [1.29, 1.82) is 0 Å². The summed E-state index contributed by atoms with van der Waals surface area (Å²) in [6, 6.07) is 19.3. The molecule has 2 heterocycles. The summed E-state index contributed by atoms with van der Waals surface area (Å²) >= 11 is 0. The van der Waals surface area contributed by atoms with Gasteiger partial charge in [-0.05, 0) is 49.7 Å². The minimum absolute atomic E-state index is 0.536. The van der Waals surface area contributed by atoms with Crippen molar-refractivity contribution in [2.24, 2.45) is 5.10 Å². The minimum atomic E-state index is 0.536. The maximum Gasteiger partial charge on any atom is 0.273 e. The summed E-state index contributed by atoms with van der Waals surface area (Å²) in [4.78, 5) is 0. The number of aryl methyl sites for hydroxylation is 2. The van der Waals surface area contributed by atoms with Gasteiger partial charge in [-0.25, -0.2) is 4.68 Å². The number of hydrogen-bond donors (Lipinski definition) is 0. The maximum atomic E-state index is 5.86. The van der Waals surface area contributed by atoms with Crippen LogP contribution in [0.2, 0.25) is 0 Å². The van der Waals surface area contributed by atoms with Gasteiger partial charge in [0.1, 0.15) is 17.8 Å². The standard InChI is InChI=1S/C20H18N6O/c1-15-11-16(2)26(24-15)20-23-21-14-25(20)22-13-17-7-6-10-19(12-17)27-18-8-4-3-5-9-18/h3-14H,1-2H3/b22-13-. The first-order valence-electron chi connectivity index (χ1n) is 8.50. The number of aromatic nitrogens is 5. The van der Waals surface area contributed by atoms with Crippen molar-refractivity contribution in [2.75, 3.05) is 0 Å². The van der Waals surface area contributed by atoms with Crippen LogP contribution in [0.4, 0.5) is 0 Å². The van der Waals surface area contributed by atoms with Crippen molar-refractivity contribution >= 4 is 6.21 Å². The second-order valence-electron chi connectivity index (χ2n) is 6.05. The average Bonchev–Trinajstić information content (AvgIpc) is 3.26. The van der Waals surface area contributed by atoms with Gasteiger partial charge in [-0.15, -0.1) is 10.2 Å². The van der Waals surface area contributed by atoms with Gasteiger partial charge in [-0.3, -0.25) is 0 Å². The first kappa shape index (κ1) is 16.7. The Labute approximate surface area is 156 Å². The lowest BCUT2D eigenvalue weighted by atomic mass is 10.2. The van der Waals surface area contributed by atoms with Crippen LogP contribution in [-0.2, 0) is 0 Å². The number of nitrogens with zero attached hydrogens (tertiary/aromatic N) is 6. The van der Waals surface area contributed by atoms with E-state index in [1.165, 1.54) is 0 Å². The first-order valence-corrected chi connectivity index (χ1v) is 8.50. The van der Waals surface area contributed by atoms with E-state index in [2.05, 4.69) is 20.4 Å². The van der Waals surface area contributed by atoms with Gasteiger partial charge < -0.3 is 4.74 Å². The fourth-order valence-electron chi connectivity index (χ4n) is 2.69. The van der Waals surface area contributed by atoms with Gasteiger partial charge in [-0.1, -0.05) is 30.3 Å². The van der Waals surface area contributed by atoms with Gasteiger partial charge in [0.2, 0.25) is 0 Å². The van der Waals surface area contributed by atoms with E-state index < -0.39 is 0 Å². The number of para-hydroxylation sites is 1. The predicted molar refractivity (Wildman–Crippen MR) is 103 cm³/mol. The minimum Gasteiger partial charge on any atom is -0.457 e. The van der Waals surface area contributed by atoms with Gasteiger partial charge in [0.05, 0.1) is 11.9 Å². The second-order valence-corrected chi connectivity index (χ2v) is 6.05. The average molecular weight is 358 g/mol. The zero-order valence-electron chi connectivity index (χ0n) is 15.0. The lowest BCUT2D eigenvalue weighted by Crippen LogP contribution is -2.06. The third-order valence-electron chi connectivity index (χ3n) is 3.88. The van der Waals surface area contributed by atoms with Crippen molar-refractivity contribution in [2.45, 2.75) is 13.8 Å². The monoisotopic (exact) mass is 358 g/mol. The fraction of sp³-hybridized carbons (Fsp3) is 0.100. The summed E-state index contributed by atoms with van der Waals surface area (Å²) in [5, 5.41) is 17.0. The molecule has 0 N–H and O–H groups in total. The highest BCUT2D eigenvalue weighted by atomic mass is 16.5. The first-order chi connectivity index (χ1) is 13.2. The van der Waals surface area contributed by atoms with Gasteiger partial charge in [-0.2, -0.15) is 14.9 Å². The van der Waals surface area contributed by atoms with Crippen molar-refractivity contribution in [3.05, 3.63) is 83.9 Å². The molecule has 2 aromatic heterocycles. The molecular weight excluding hydrogens is 340 g/mol. The number of hydrogen-bond acceptors (Lipinski definition) is 5. The molecule has 4 rings (SSSR count). The van der Waals surface area contributed by atoms with Crippen molar-refractivity contribution in [3.8, 4) is 17.4 Å². The number of benzene rings is 2. The molecule has 27 heavy (non-hydrogen) atoms. The summed E-state index contributed by atoms with van der Waals surface area (Å²) in [5.74, 6) is 2.07. The normalized spacial score (nSPS) is 11.2. The van der Waals surface area contributed by atoms with Gasteiger partial charge in [0.25, 0.3) is 5.95 Å². The quantitative estimate of drug-likeness (QED) is 0.509. The van der Waals surface area contributed by atoms with E-state index in [1.807, 2.05) is 74.5 Å². The lowest BCUT2D eigenvalue weighted by Gasteiger charge is -2.06. The molecule has 0 aliphatic rings. The highest BCUT2D eigenvalue weighted by Crippen LogP contribution is 2.21. The Kier molecular flexibility index (Phi) is 4.49. The molecule has 0 saturated carbocycles. The Morgan fingerprint density at radius 3 is 2.56 bits per heavy atom. The lowest BCUT2D eigenvalue weighted by molar-refractivity contribution is 0.482. The SMILES string of the molecule is Cc1cc(C)n(-c2nncn2/N=C\c2cccc(Oc3ccccc3)c2)n1. The van der Waals surface area contributed by atoms with Crippen LogP contribution in [0.5, 0.6) is 11.5 Å². The molecule has 7 nitrogen and oxygen atoms in total. The Balaban J connectivity index is 1.57. The third kappa shape index (κ3) is 3.77. The zero-order valence-corrected chi connectivity index (χ0v) is 15.0. The summed E-state index contributed by atoms with van der Waals surface area (Å²) in [6.07, 6.45) is 3.28. The van der Waals surface area contributed by atoms with Crippen molar-refractivity contribution in [3.63, 3.8) is 0 Å². The molecule has 0 unspecified atom stereocenters. The smallest absolute Gasteiger partial charge is 0.273 e. The molecule has 0 bridgehead atoms. The van der Waals surface area contributed by atoms with E-state index in [1.54, 1.807) is 21.9 Å². The van der Waals surface area contributed by atoms with E-state index in [9.17, 15) is 0 Å². The fourth-order valence-corrected chi connectivity index (χ4v) is 2.69. The summed E-state index contributed by atoms with van der Waals surface area (Å²) in [5.41, 5.74) is 2.78. The largest absolute Gasteiger partial charge is 0.457 e. The van der Waals surface area contributed by atoms with Crippen molar-refractivity contribution in [1.82, 2.24) is 24.7 Å². The number of rotatable bonds is 5. The van der Waals surface area contributed by atoms with Gasteiger partial charge >= 0.3 is 0 Å². The van der Waals surface area contributed by atoms with E-state index in [-0.39, 0.29) is 0 Å². The highest BCUT2D eigenvalue weighted by Gasteiger charge is 2.10. The molecular formula is C20H18N6O. The summed E-state index contributed by atoms with van der Waals surface area (Å²) < 4.78 is 9.16. The van der Waals surface area contributed by atoms with E-state index in [0.717, 1.165) is 28.5 Å². The van der Waals surface area contributed by atoms with E-state index >= 15 is 0 Å². The third-order valence-corrected chi connectivity index (χ3v) is 3.88. The second kappa shape index (κ2) is 7.25.